The van der Waals surface area contributed by atoms with Crippen LogP contribution in [0.2, 0.25) is 0 Å². The minimum atomic E-state index is -1.06. The molecule has 0 saturated heterocycles. The molecule has 0 bridgehead atoms. The molecule has 4 nitrogen and oxygen atoms in total. The van der Waals surface area contributed by atoms with Gasteiger partial charge in [0.15, 0.2) is 0 Å². The zero-order valence-electron chi connectivity index (χ0n) is 14.4. The summed E-state index contributed by atoms with van der Waals surface area (Å²) < 4.78 is 20.3. The Labute approximate surface area is 142 Å². The van der Waals surface area contributed by atoms with Gasteiger partial charge in [0, 0.05) is 11.4 Å². The number of carbonyl (C=O) groups is 1. The van der Waals surface area contributed by atoms with Crippen molar-refractivity contribution < 1.29 is 14.1 Å². The first-order valence-electron chi connectivity index (χ1n) is 8.17. The van der Waals surface area contributed by atoms with Gasteiger partial charge >= 0.3 is 5.97 Å². The number of hydrogen-bond donors (Lipinski definition) is 1. The molecule has 1 N–H and O–H groups in total. The first-order valence-corrected chi connectivity index (χ1v) is 9.32. The van der Waals surface area contributed by atoms with Crippen molar-refractivity contribution in [2.75, 3.05) is 7.11 Å². The van der Waals surface area contributed by atoms with Crippen molar-refractivity contribution in [2.24, 2.45) is 5.92 Å². The van der Waals surface area contributed by atoms with Gasteiger partial charge in [-0.3, -0.25) is 0 Å². The second-order valence-electron chi connectivity index (χ2n) is 7.13. The third-order valence-corrected chi connectivity index (χ3v) is 5.78. The molecule has 2 unspecified atom stereocenters. The SMILES string of the molecule is COC(=O)c1ccccc1CCC(N[S+]([O-])C(C)(C)C)C1CC1. The first-order chi connectivity index (χ1) is 10.8. The summed E-state index contributed by atoms with van der Waals surface area (Å²) in [4.78, 5) is 11.8. The predicted molar refractivity (Wildman–Crippen MR) is 93.6 cm³/mol. The van der Waals surface area contributed by atoms with Gasteiger partial charge in [-0.25, -0.2) is 4.79 Å². The summed E-state index contributed by atoms with van der Waals surface area (Å²) >= 11 is -1.06. The summed E-state index contributed by atoms with van der Waals surface area (Å²) in [6, 6.07) is 7.79. The van der Waals surface area contributed by atoms with E-state index in [1.54, 1.807) is 6.07 Å². The fourth-order valence-corrected chi connectivity index (χ4v) is 3.50. The number of benzene rings is 1. The van der Waals surface area contributed by atoms with Crippen LogP contribution in [0, 0.1) is 5.92 Å². The van der Waals surface area contributed by atoms with Crippen molar-refractivity contribution in [3.63, 3.8) is 0 Å². The van der Waals surface area contributed by atoms with Crippen molar-refractivity contribution in [1.82, 2.24) is 4.72 Å². The van der Waals surface area contributed by atoms with E-state index in [-0.39, 0.29) is 16.8 Å². The van der Waals surface area contributed by atoms with Crippen molar-refractivity contribution in [3.8, 4) is 0 Å². The van der Waals surface area contributed by atoms with Crippen LogP contribution in [0.3, 0.4) is 0 Å². The summed E-state index contributed by atoms with van der Waals surface area (Å²) in [5, 5.41) is 0. The van der Waals surface area contributed by atoms with E-state index in [1.165, 1.54) is 20.0 Å². The highest BCUT2D eigenvalue weighted by molar-refractivity contribution is 7.90. The van der Waals surface area contributed by atoms with E-state index < -0.39 is 11.4 Å². The smallest absolute Gasteiger partial charge is 0.338 e. The molecule has 1 fully saturated rings. The van der Waals surface area contributed by atoms with Crippen molar-refractivity contribution in [3.05, 3.63) is 35.4 Å². The van der Waals surface area contributed by atoms with Gasteiger partial charge in [0.05, 0.1) is 18.7 Å². The molecule has 0 heterocycles. The topological polar surface area (TPSA) is 61.4 Å². The molecule has 1 aromatic rings. The van der Waals surface area contributed by atoms with E-state index in [0.717, 1.165) is 18.4 Å². The zero-order chi connectivity index (χ0) is 17.0. The Bertz CT molecular complexity index is 537. The molecule has 1 aliphatic rings. The Hall–Kier alpha value is -1.04. The van der Waals surface area contributed by atoms with Crippen LogP contribution in [-0.2, 0) is 22.5 Å². The van der Waals surface area contributed by atoms with Crippen LogP contribution in [0.15, 0.2) is 24.3 Å². The molecule has 0 aromatic heterocycles. The Morgan fingerprint density at radius 2 is 2.04 bits per heavy atom. The molecule has 0 spiro atoms. The average Bonchev–Trinajstić information content (AvgIpc) is 3.34. The molecular weight excluding hydrogens is 310 g/mol. The third-order valence-electron chi connectivity index (χ3n) is 4.15. The monoisotopic (exact) mass is 337 g/mol. The standard InChI is InChI=1S/C18H27NO3S/c1-18(2,3)23(21)19-16(14-9-10-14)12-11-13-7-5-6-8-15(13)17(20)22-4/h5-8,14,16,19H,9-12H2,1-4H3. The molecule has 128 valence electrons. The number of hydrogen-bond acceptors (Lipinski definition) is 4. The Balaban J connectivity index is 2.01. The summed E-state index contributed by atoms with van der Waals surface area (Å²) in [6.07, 6.45) is 4.04. The zero-order valence-corrected chi connectivity index (χ0v) is 15.2. The van der Waals surface area contributed by atoms with Gasteiger partial charge in [0.1, 0.15) is 4.75 Å². The van der Waals surface area contributed by atoms with Crippen LogP contribution in [0.25, 0.3) is 0 Å². The fourth-order valence-electron chi connectivity index (χ4n) is 2.56. The van der Waals surface area contributed by atoms with Crippen molar-refractivity contribution in [2.45, 2.75) is 57.2 Å². The molecule has 2 rings (SSSR count). The highest BCUT2D eigenvalue weighted by atomic mass is 32.2. The van der Waals surface area contributed by atoms with E-state index in [1.807, 2.05) is 39.0 Å². The van der Waals surface area contributed by atoms with Gasteiger partial charge in [0.25, 0.3) is 0 Å². The van der Waals surface area contributed by atoms with E-state index in [2.05, 4.69) is 4.72 Å². The maximum Gasteiger partial charge on any atom is 0.338 e. The summed E-state index contributed by atoms with van der Waals surface area (Å²) in [5.74, 6) is 0.307. The fraction of sp³-hybridized carbons (Fsp3) is 0.611. The van der Waals surface area contributed by atoms with Crippen LogP contribution in [-0.4, -0.2) is 28.4 Å². The molecule has 1 saturated carbocycles. The minimum Gasteiger partial charge on any atom is -0.598 e. The van der Waals surface area contributed by atoms with Gasteiger partial charge in [-0.15, -0.1) is 4.72 Å². The molecule has 0 radical (unpaired) electrons. The maximum atomic E-state index is 12.4. The second-order valence-corrected chi connectivity index (χ2v) is 9.13. The van der Waals surface area contributed by atoms with Crippen LogP contribution in [0.1, 0.15) is 56.0 Å². The number of methoxy groups -OCH3 is 1. The highest BCUT2D eigenvalue weighted by Gasteiger charge is 2.37. The van der Waals surface area contributed by atoms with E-state index in [4.69, 9.17) is 4.74 Å². The van der Waals surface area contributed by atoms with Gasteiger partial charge in [-0.05, 0) is 64.0 Å². The molecule has 1 aromatic carbocycles. The highest BCUT2D eigenvalue weighted by Crippen LogP contribution is 2.35. The van der Waals surface area contributed by atoms with Crippen LogP contribution >= 0.6 is 0 Å². The summed E-state index contributed by atoms with van der Waals surface area (Å²) in [7, 11) is 1.40. The summed E-state index contributed by atoms with van der Waals surface area (Å²) in [6.45, 7) is 5.94. The molecule has 23 heavy (non-hydrogen) atoms. The van der Waals surface area contributed by atoms with E-state index in [9.17, 15) is 9.35 Å². The van der Waals surface area contributed by atoms with E-state index >= 15 is 0 Å². The predicted octanol–water partition coefficient (Wildman–Crippen LogP) is 3.24. The number of ether oxygens (including phenoxy) is 1. The number of carbonyl (C=O) groups excluding carboxylic acids is 1. The lowest BCUT2D eigenvalue weighted by atomic mass is 9.99. The third kappa shape index (κ3) is 5.23. The quantitative estimate of drug-likeness (QED) is 0.613. The van der Waals surface area contributed by atoms with Crippen molar-refractivity contribution >= 4 is 17.3 Å². The molecule has 2 atom stereocenters. The second kappa shape index (κ2) is 7.69. The molecule has 5 heteroatoms. The Morgan fingerprint density at radius 3 is 2.61 bits per heavy atom. The van der Waals surface area contributed by atoms with Crippen LogP contribution in [0.4, 0.5) is 0 Å². The minimum absolute atomic E-state index is 0.237. The van der Waals surface area contributed by atoms with Gasteiger partial charge in [-0.1, -0.05) is 18.2 Å². The normalized spacial score (nSPS) is 17.6. The molecule has 0 aliphatic heterocycles. The maximum absolute atomic E-state index is 12.4. The number of nitrogens with one attached hydrogen (secondary N) is 1. The largest absolute Gasteiger partial charge is 0.598 e. The number of esters is 1. The van der Waals surface area contributed by atoms with Crippen molar-refractivity contribution in [1.29, 1.82) is 0 Å². The number of rotatable bonds is 7. The van der Waals surface area contributed by atoms with Crippen LogP contribution in [0.5, 0.6) is 0 Å². The molecule has 1 aliphatic carbocycles. The first kappa shape index (κ1) is 18.3. The number of aryl methyl sites for hydroxylation is 1. The van der Waals surface area contributed by atoms with Crippen LogP contribution < -0.4 is 4.72 Å². The average molecular weight is 337 g/mol. The van der Waals surface area contributed by atoms with Gasteiger partial charge in [-0.2, -0.15) is 0 Å². The molecular formula is C18H27NO3S. The van der Waals surface area contributed by atoms with Gasteiger partial charge in [0.2, 0.25) is 0 Å². The summed E-state index contributed by atoms with van der Waals surface area (Å²) in [5.41, 5.74) is 1.62. The van der Waals surface area contributed by atoms with Gasteiger partial charge < -0.3 is 9.29 Å². The lowest BCUT2D eigenvalue weighted by molar-refractivity contribution is 0.0599. The lowest BCUT2D eigenvalue weighted by Crippen LogP contribution is -2.45. The van der Waals surface area contributed by atoms with E-state index in [0.29, 0.717) is 11.5 Å². The Morgan fingerprint density at radius 1 is 1.39 bits per heavy atom. The Kier molecular flexibility index (Phi) is 6.12. The molecule has 0 amide bonds. The lowest BCUT2D eigenvalue weighted by Gasteiger charge is -2.28.